The summed E-state index contributed by atoms with van der Waals surface area (Å²) in [6.07, 6.45) is 2.84. The molecule has 2 atom stereocenters. The normalized spacial score (nSPS) is 19.1. The molecule has 0 unspecified atom stereocenters. The molecule has 0 bridgehead atoms. The minimum absolute atomic E-state index is 0.0337. The Labute approximate surface area is 203 Å². The number of fused-ring (bicyclic) bond motifs is 1. The highest BCUT2D eigenvalue weighted by molar-refractivity contribution is 5.93. The van der Waals surface area contributed by atoms with E-state index in [1.807, 2.05) is 41.8 Å². The van der Waals surface area contributed by atoms with Crippen molar-refractivity contribution in [1.82, 2.24) is 19.8 Å². The first kappa shape index (κ1) is 23.2. The molecule has 0 aliphatic carbocycles. The number of carbonyl (C=O) groups is 2. The Bertz CT molecular complexity index is 1190. The van der Waals surface area contributed by atoms with Gasteiger partial charge in [-0.15, -0.1) is 0 Å². The fraction of sp³-hybridized carbons (Fsp3) is 0.370. The van der Waals surface area contributed by atoms with E-state index in [2.05, 4.69) is 10.3 Å². The monoisotopic (exact) mass is 476 g/mol. The lowest BCUT2D eigenvalue weighted by Crippen LogP contribution is -2.43. The van der Waals surface area contributed by atoms with Gasteiger partial charge in [0.05, 0.1) is 31.2 Å². The fourth-order valence-corrected chi connectivity index (χ4v) is 4.84. The summed E-state index contributed by atoms with van der Waals surface area (Å²) in [6, 6.07) is 16.0. The van der Waals surface area contributed by atoms with Gasteiger partial charge in [0.25, 0.3) is 5.91 Å². The molecule has 0 saturated carbocycles. The fourth-order valence-electron chi connectivity index (χ4n) is 4.84. The van der Waals surface area contributed by atoms with Crippen molar-refractivity contribution in [1.29, 1.82) is 0 Å². The van der Waals surface area contributed by atoms with Gasteiger partial charge in [-0.05, 0) is 43.0 Å². The van der Waals surface area contributed by atoms with Crippen LogP contribution in [0.1, 0.15) is 59.2 Å². The Kier molecular flexibility index (Phi) is 6.63. The predicted octanol–water partition coefficient (Wildman–Crippen LogP) is 4.02. The standard InChI is InChI=1S/C27H29FN4O3/c1-18(19-7-9-22(28)10-8-19)30-26(33)21-11-13-31(14-12-21)27(34)25-23-16-35-24(15-32(23)17-29-25)20-5-3-2-4-6-20/h2-10,17-18,21,24H,11-16H2,1H3,(H,30,33)/t18-,24-/m1/s1. The van der Waals surface area contributed by atoms with Gasteiger partial charge in [-0.2, -0.15) is 0 Å². The quantitative estimate of drug-likeness (QED) is 0.604. The second kappa shape index (κ2) is 10.00. The number of nitrogens with zero attached hydrogens (tertiary/aromatic N) is 3. The molecule has 1 aromatic heterocycles. The van der Waals surface area contributed by atoms with Crippen LogP contribution in [0.4, 0.5) is 4.39 Å². The lowest BCUT2D eigenvalue weighted by Gasteiger charge is -2.32. The van der Waals surface area contributed by atoms with Crippen LogP contribution in [0, 0.1) is 11.7 Å². The summed E-state index contributed by atoms with van der Waals surface area (Å²) in [5, 5.41) is 3.02. The Morgan fingerprint density at radius 2 is 1.80 bits per heavy atom. The number of hydrogen-bond donors (Lipinski definition) is 1. The summed E-state index contributed by atoms with van der Waals surface area (Å²) in [5.74, 6) is -0.605. The number of piperidine rings is 1. The zero-order valence-electron chi connectivity index (χ0n) is 19.7. The number of imidazole rings is 1. The van der Waals surface area contributed by atoms with Gasteiger partial charge in [-0.1, -0.05) is 42.5 Å². The molecule has 2 amide bonds. The molecule has 7 nitrogen and oxygen atoms in total. The molecule has 1 saturated heterocycles. The van der Waals surface area contributed by atoms with Gasteiger partial charge in [-0.3, -0.25) is 9.59 Å². The SMILES string of the molecule is C[C@@H](NC(=O)C1CCN(C(=O)c2ncn3c2CO[C@@H](c2ccccc2)C3)CC1)c1ccc(F)cc1. The van der Waals surface area contributed by atoms with Gasteiger partial charge >= 0.3 is 0 Å². The Hall–Kier alpha value is -3.52. The van der Waals surface area contributed by atoms with Crippen molar-refractivity contribution in [2.24, 2.45) is 5.92 Å². The Balaban J connectivity index is 1.16. The number of rotatable bonds is 5. The van der Waals surface area contributed by atoms with Gasteiger partial charge in [0, 0.05) is 19.0 Å². The van der Waals surface area contributed by atoms with Gasteiger partial charge in [-0.25, -0.2) is 9.37 Å². The lowest BCUT2D eigenvalue weighted by molar-refractivity contribution is -0.127. The van der Waals surface area contributed by atoms with Crippen LogP contribution in [0.3, 0.4) is 0 Å². The molecule has 5 rings (SSSR count). The first-order valence-electron chi connectivity index (χ1n) is 12.0. The van der Waals surface area contributed by atoms with Crippen LogP contribution in [0.5, 0.6) is 0 Å². The number of hydrogen-bond acceptors (Lipinski definition) is 4. The average molecular weight is 477 g/mol. The van der Waals surface area contributed by atoms with E-state index >= 15 is 0 Å². The van der Waals surface area contributed by atoms with Crippen LogP contribution < -0.4 is 5.32 Å². The van der Waals surface area contributed by atoms with Crippen LogP contribution in [-0.2, 0) is 22.7 Å². The maximum Gasteiger partial charge on any atom is 0.274 e. The van der Waals surface area contributed by atoms with Crippen molar-refractivity contribution in [3.05, 3.63) is 89.3 Å². The number of carbonyl (C=O) groups excluding carboxylic acids is 2. The molecule has 2 aromatic carbocycles. The van der Waals surface area contributed by atoms with Crippen LogP contribution in [-0.4, -0.2) is 39.4 Å². The van der Waals surface area contributed by atoms with Crippen molar-refractivity contribution in [2.45, 2.75) is 45.1 Å². The first-order valence-corrected chi connectivity index (χ1v) is 12.0. The van der Waals surface area contributed by atoms with Gasteiger partial charge in [0.1, 0.15) is 11.9 Å². The average Bonchev–Trinajstić information content (AvgIpc) is 3.32. The van der Waals surface area contributed by atoms with Crippen LogP contribution >= 0.6 is 0 Å². The van der Waals surface area contributed by atoms with E-state index in [1.165, 1.54) is 12.1 Å². The molecular formula is C27H29FN4O3. The minimum Gasteiger partial charge on any atom is -0.365 e. The zero-order chi connectivity index (χ0) is 24.4. The molecule has 35 heavy (non-hydrogen) atoms. The van der Waals surface area contributed by atoms with Crippen LogP contribution in [0.15, 0.2) is 60.9 Å². The summed E-state index contributed by atoms with van der Waals surface area (Å²) in [6.45, 7) is 3.84. The van der Waals surface area contributed by atoms with Crippen LogP contribution in [0.2, 0.25) is 0 Å². The predicted molar refractivity (Wildman–Crippen MR) is 128 cm³/mol. The van der Waals surface area contributed by atoms with Crippen molar-refractivity contribution < 1.29 is 18.7 Å². The third-order valence-electron chi connectivity index (χ3n) is 6.99. The first-order chi connectivity index (χ1) is 17.0. The minimum atomic E-state index is -0.300. The van der Waals surface area contributed by atoms with E-state index in [4.69, 9.17) is 4.74 Å². The maximum atomic E-state index is 13.2. The molecule has 1 N–H and O–H groups in total. The highest BCUT2D eigenvalue weighted by Crippen LogP contribution is 2.29. The van der Waals surface area contributed by atoms with Gasteiger partial charge in [0.15, 0.2) is 5.69 Å². The summed E-state index contributed by atoms with van der Waals surface area (Å²) >= 11 is 0. The smallest absolute Gasteiger partial charge is 0.274 e. The third kappa shape index (κ3) is 4.98. The maximum absolute atomic E-state index is 13.2. The highest BCUT2D eigenvalue weighted by atomic mass is 19.1. The Morgan fingerprint density at radius 3 is 2.51 bits per heavy atom. The number of likely N-dealkylation sites (tertiary alicyclic amines) is 1. The molecule has 0 spiro atoms. The van der Waals surface area contributed by atoms with Crippen molar-refractivity contribution in [3.8, 4) is 0 Å². The highest BCUT2D eigenvalue weighted by Gasteiger charge is 2.32. The molecule has 1 fully saturated rings. The number of aromatic nitrogens is 2. The molecule has 3 aromatic rings. The molecule has 0 radical (unpaired) electrons. The number of ether oxygens (including phenoxy) is 1. The molecule has 8 heteroatoms. The number of nitrogens with one attached hydrogen (secondary N) is 1. The number of amides is 2. The van der Waals surface area contributed by atoms with Crippen LogP contribution in [0.25, 0.3) is 0 Å². The van der Waals surface area contributed by atoms with E-state index in [0.717, 1.165) is 16.8 Å². The molecule has 182 valence electrons. The lowest BCUT2D eigenvalue weighted by atomic mass is 9.95. The van der Waals surface area contributed by atoms with Gasteiger partial charge in [0.2, 0.25) is 5.91 Å². The second-order valence-corrected chi connectivity index (χ2v) is 9.25. The number of halogens is 1. The van der Waals surface area contributed by atoms with E-state index in [0.29, 0.717) is 44.8 Å². The molecule has 2 aliphatic heterocycles. The largest absolute Gasteiger partial charge is 0.365 e. The van der Waals surface area contributed by atoms with E-state index in [9.17, 15) is 14.0 Å². The van der Waals surface area contributed by atoms with Crippen molar-refractivity contribution in [3.63, 3.8) is 0 Å². The third-order valence-corrected chi connectivity index (χ3v) is 6.99. The van der Waals surface area contributed by atoms with Crippen molar-refractivity contribution in [2.75, 3.05) is 13.1 Å². The number of benzene rings is 2. The topological polar surface area (TPSA) is 76.5 Å². The molecule has 3 heterocycles. The molecule has 2 aliphatic rings. The zero-order valence-corrected chi connectivity index (χ0v) is 19.7. The second-order valence-electron chi connectivity index (χ2n) is 9.25. The summed E-state index contributed by atoms with van der Waals surface area (Å²) in [7, 11) is 0. The summed E-state index contributed by atoms with van der Waals surface area (Å²) in [4.78, 5) is 32.2. The van der Waals surface area contributed by atoms with E-state index in [-0.39, 0.29) is 35.7 Å². The summed E-state index contributed by atoms with van der Waals surface area (Å²) in [5.41, 5.74) is 3.20. The summed E-state index contributed by atoms with van der Waals surface area (Å²) < 4.78 is 21.2. The van der Waals surface area contributed by atoms with E-state index < -0.39 is 0 Å². The van der Waals surface area contributed by atoms with Gasteiger partial charge < -0.3 is 19.5 Å². The Morgan fingerprint density at radius 1 is 1.09 bits per heavy atom. The molecular weight excluding hydrogens is 447 g/mol. The van der Waals surface area contributed by atoms with E-state index in [1.54, 1.807) is 23.4 Å². The van der Waals surface area contributed by atoms with Crippen molar-refractivity contribution >= 4 is 11.8 Å².